The third kappa shape index (κ3) is 2.81. The van der Waals surface area contributed by atoms with Crippen molar-refractivity contribution in [2.24, 2.45) is 5.73 Å². The Morgan fingerprint density at radius 1 is 0.619 bits per heavy atom. The summed E-state index contributed by atoms with van der Waals surface area (Å²) in [5, 5.41) is 0. The van der Waals surface area contributed by atoms with E-state index >= 15 is 0 Å². The van der Waals surface area contributed by atoms with Crippen LogP contribution in [0.3, 0.4) is 0 Å². The lowest BCUT2D eigenvalue weighted by molar-refractivity contribution is 1.06. The number of nitrogens with zero attached hydrogens (tertiary/aromatic N) is 1. The quantitative estimate of drug-likeness (QED) is 0.752. The molecule has 21 heavy (non-hydrogen) atoms. The molecule has 2 nitrogen and oxygen atoms in total. The molecule has 0 aromatic heterocycles. The second kappa shape index (κ2) is 6.25. The van der Waals surface area contributed by atoms with Gasteiger partial charge in [-0.2, -0.15) is 0 Å². The summed E-state index contributed by atoms with van der Waals surface area (Å²) in [6, 6.07) is 29.0. The zero-order valence-corrected chi connectivity index (χ0v) is 11.8. The molecular weight excluding hydrogens is 256 g/mol. The fraction of sp³-hybridized carbons (Fsp3) is 0.0526. The van der Waals surface area contributed by atoms with E-state index in [1.54, 1.807) is 0 Å². The lowest BCUT2D eigenvalue weighted by Gasteiger charge is -2.27. The van der Waals surface area contributed by atoms with Crippen LogP contribution < -0.4 is 10.6 Å². The molecule has 3 rings (SSSR count). The summed E-state index contributed by atoms with van der Waals surface area (Å²) in [4.78, 5) is 2.24. The predicted molar refractivity (Wildman–Crippen MR) is 89.0 cm³/mol. The number of benzene rings is 3. The van der Waals surface area contributed by atoms with Crippen molar-refractivity contribution in [3.05, 3.63) is 90.5 Å². The van der Waals surface area contributed by atoms with Crippen LogP contribution in [0.5, 0.6) is 0 Å². The zero-order valence-electron chi connectivity index (χ0n) is 11.8. The molecule has 0 bridgehead atoms. The first-order valence-electron chi connectivity index (χ1n) is 7.08. The van der Waals surface area contributed by atoms with Gasteiger partial charge < -0.3 is 10.6 Å². The van der Waals surface area contributed by atoms with Crippen molar-refractivity contribution in [1.82, 2.24) is 0 Å². The summed E-state index contributed by atoms with van der Waals surface area (Å²) in [5.41, 5.74) is 10.4. The Kier molecular flexibility index (Phi) is 3.99. The maximum absolute atomic E-state index is 5.92. The van der Waals surface area contributed by atoms with Gasteiger partial charge in [0, 0.05) is 17.9 Å². The number of nitrogens with two attached hydrogens (primary N) is 1. The van der Waals surface area contributed by atoms with Crippen molar-refractivity contribution in [3.8, 4) is 0 Å². The lowest BCUT2D eigenvalue weighted by atomic mass is 10.1. The van der Waals surface area contributed by atoms with Crippen molar-refractivity contribution in [3.63, 3.8) is 0 Å². The van der Waals surface area contributed by atoms with E-state index in [0.717, 1.165) is 22.6 Å². The van der Waals surface area contributed by atoms with Crippen molar-refractivity contribution >= 4 is 17.1 Å². The summed E-state index contributed by atoms with van der Waals surface area (Å²) < 4.78 is 0. The topological polar surface area (TPSA) is 29.3 Å². The monoisotopic (exact) mass is 274 g/mol. The van der Waals surface area contributed by atoms with Crippen LogP contribution in [-0.4, -0.2) is 0 Å². The van der Waals surface area contributed by atoms with Crippen LogP contribution in [-0.2, 0) is 6.54 Å². The Morgan fingerprint density at radius 3 is 1.62 bits per heavy atom. The van der Waals surface area contributed by atoms with Gasteiger partial charge in [-0.1, -0.05) is 54.6 Å². The maximum Gasteiger partial charge on any atom is 0.0506 e. The van der Waals surface area contributed by atoms with Crippen LogP contribution in [0, 0.1) is 0 Å². The van der Waals surface area contributed by atoms with Gasteiger partial charge in [0.15, 0.2) is 0 Å². The highest BCUT2D eigenvalue weighted by Gasteiger charge is 2.14. The Morgan fingerprint density at radius 2 is 1.10 bits per heavy atom. The Hall–Kier alpha value is -2.58. The third-order valence-corrected chi connectivity index (χ3v) is 3.48. The standard InChI is InChI=1S/C19H18N2/c20-15-16-9-7-8-14-19(16)21(17-10-3-1-4-11-17)18-12-5-2-6-13-18/h1-14H,15,20H2. The highest BCUT2D eigenvalue weighted by Crippen LogP contribution is 2.35. The van der Waals surface area contributed by atoms with Gasteiger partial charge in [-0.25, -0.2) is 0 Å². The molecule has 0 aliphatic rings. The number of para-hydroxylation sites is 3. The van der Waals surface area contributed by atoms with Gasteiger partial charge in [0.1, 0.15) is 0 Å². The molecule has 0 spiro atoms. The summed E-state index contributed by atoms with van der Waals surface area (Å²) in [5.74, 6) is 0. The Bertz CT molecular complexity index is 654. The molecule has 0 aliphatic carbocycles. The van der Waals surface area contributed by atoms with E-state index < -0.39 is 0 Å². The molecule has 0 aliphatic heterocycles. The maximum atomic E-state index is 5.92. The number of rotatable bonds is 4. The second-order valence-corrected chi connectivity index (χ2v) is 4.84. The molecule has 0 heterocycles. The average Bonchev–Trinajstić information content (AvgIpc) is 2.58. The van der Waals surface area contributed by atoms with Gasteiger partial charge in [0.25, 0.3) is 0 Å². The number of anilines is 3. The number of hydrogen-bond donors (Lipinski definition) is 1. The predicted octanol–water partition coefficient (Wildman–Crippen LogP) is 4.62. The molecule has 2 heteroatoms. The van der Waals surface area contributed by atoms with Gasteiger partial charge in [-0.15, -0.1) is 0 Å². The van der Waals surface area contributed by atoms with Crippen LogP contribution in [0.4, 0.5) is 17.1 Å². The molecule has 104 valence electrons. The zero-order chi connectivity index (χ0) is 14.5. The van der Waals surface area contributed by atoms with Gasteiger partial charge in [-0.3, -0.25) is 0 Å². The molecule has 0 amide bonds. The van der Waals surface area contributed by atoms with Crippen LogP contribution >= 0.6 is 0 Å². The summed E-state index contributed by atoms with van der Waals surface area (Å²) >= 11 is 0. The molecular formula is C19H18N2. The first kappa shape index (κ1) is 13.4. The largest absolute Gasteiger partial charge is 0.326 e. The SMILES string of the molecule is NCc1ccccc1N(c1ccccc1)c1ccccc1. The molecule has 0 atom stereocenters. The first-order chi connectivity index (χ1) is 10.4. The molecule has 0 fully saturated rings. The van der Waals surface area contributed by atoms with Gasteiger partial charge >= 0.3 is 0 Å². The van der Waals surface area contributed by atoms with Crippen molar-refractivity contribution < 1.29 is 0 Å². The Balaban J connectivity index is 2.17. The summed E-state index contributed by atoms with van der Waals surface area (Å²) in [7, 11) is 0. The normalized spacial score (nSPS) is 10.3. The van der Waals surface area contributed by atoms with E-state index in [1.807, 2.05) is 24.3 Å². The van der Waals surface area contributed by atoms with Gasteiger partial charge in [0.2, 0.25) is 0 Å². The molecule has 0 saturated carbocycles. The first-order valence-corrected chi connectivity index (χ1v) is 7.08. The third-order valence-electron chi connectivity index (χ3n) is 3.48. The van der Waals surface area contributed by atoms with Gasteiger partial charge in [-0.05, 0) is 35.9 Å². The fourth-order valence-corrected chi connectivity index (χ4v) is 2.48. The molecule has 0 unspecified atom stereocenters. The van der Waals surface area contributed by atoms with E-state index in [4.69, 9.17) is 5.73 Å². The molecule has 0 radical (unpaired) electrons. The van der Waals surface area contributed by atoms with E-state index in [-0.39, 0.29) is 0 Å². The van der Waals surface area contributed by atoms with E-state index in [0.29, 0.717) is 6.54 Å². The fourth-order valence-electron chi connectivity index (χ4n) is 2.48. The van der Waals surface area contributed by atoms with Gasteiger partial charge in [0.05, 0.1) is 5.69 Å². The Labute approximate surface area is 125 Å². The van der Waals surface area contributed by atoms with E-state index in [2.05, 4.69) is 65.6 Å². The van der Waals surface area contributed by atoms with Crippen LogP contribution in [0.1, 0.15) is 5.56 Å². The van der Waals surface area contributed by atoms with Crippen molar-refractivity contribution in [2.45, 2.75) is 6.54 Å². The second-order valence-electron chi connectivity index (χ2n) is 4.84. The molecule has 0 saturated heterocycles. The summed E-state index contributed by atoms with van der Waals surface area (Å²) in [6.45, 7) is 0.520. The van der Waals surface area contributed by atoms with E-state index in [1.165, 1.54) is 0 Å². The van der Waals surface area contributed by atoms with Crippen molar-refractivity contribution in [1.29, 1.82) is 0 Å². The molecule has 2 N–H and O–H groups in total. The minimum absolute atomic E-state index is 0.520. The van der Waals surface area contributed by atoms with Crippen LogP contribution in [0.25, 0.3) is 0 Å². The molecule has 3 aromatic rings. The average molecular weight is 274 g/mol. The lowest BCUT2D eigenvalue weighted by Crippen LogP contribution is -2.13. The highest BCUT2D eigenvalue weighted by molar-refractivity contribution is 5.78. The highest BCUT2D eigenvalue weighted by atomic mass is 15.1. The summed E-state index contributed by atoms with van der Waals surface area (Å²) in [6.07, 6.45) is 0. The smallest absolute Gasteiger partial charge is 0.0506 e. The minimum Gasteiger partial charge on any atom is -0.326 e. The molecule has 3 aromatic carbocycles. The minimum atomic E-state index is 0.520. The van der Waals surface area contributed by atoms with Crippen molar-refractivity contribution in [2.75, 3.05) is 4.90 Å². The van der Waals surface area contributed by atoms with Crippen LogP contribution in [0.2, 0.25) is 0 Å². The van der Waals surface area contributed by atoms with Crippen LogP contribution in [0.15, 0.2) is 84.9 Å². The number of hydrogen-bond acceptors (Lipinski definition) is 2. The van der Waals surface area contributed by atoms with E-state index in [9.17, 15) is 0 Å².